The highest BCUT2D eigenvalue weighted by Gasteiger charge is 2.24. The van der Waals surface area contributed by atoms with E-state index >= 15 is 0 Å². The molecule has 17 heavy (non-hydrogen) atoms. The second-order valence-electron chi connectivity index (χ2n) is 4.60. The van der Waals surface area contributed by atoms with Gasteiger partial charge in [-0.15, -0.1) is 0 Å². The summed E-state index contributed by atoms with van der Waals surface area (Å²) in [5.41, 5.74) is 0.765. The fourth-order valence-electron chi connectivity index (χ4n) is 2.40. The summed E-state index contributed by atoms with van der Waals surface area (Å²) in [4.78, 5) is 0. The summed E-state index contributed by atoms with van der Waals surface area (Å²) in [5, 5.41) is 3.26. The molecule has 0 saturated carbocycles. The quantitative estimate of drug-likeness (QED) is 0.869. The third-order valence-corrected chi connectivity index (χ3v) is 3.43. The number of nitrogens with one attached hydrogen (secondary N) is 1. The maximum absolute atomic E-state index is 13.6. The minimum atomic E-state index is -0.122. The van der Waals surface area contributed by atoms with Crippen molar-refractivity contribution in [1.29, 1.82) is 0 Å². The van der Waals surface area contributed by atoms with Gasteiger partial charge in [0.25, 0.3) is 0 Å². The summed E-state index contributed by atoms with van der Waals surface area (Å²) in [6, 6.07) is 7.18. The van der Waals surface area contributed by atoms with Crippen LogP contribution >= 0.6 is 0 Å². The van der Waals surface area contributed by atoms with Gasteiger partial charge in [0.1, 0.15) is 5.82 Å². The number of hydrogen-bond acceptors (Lipinski definition) is 2. The van der Waals surface area contributed by atoms with Gasteiger partial charge in [-0.25, -0.2) is 4.39 Å². The number of ether oxygens (including phenoxy) is 1. The first-order chi connectivity index (χ1) is 8.31. The van der Waals surface area contributed by atoms with Crippen LogP contribution in [0, 0.1) is 5.82 Å². The van der Waals surface area contributed by atoms with Crippen molar-refractivity contribution in [2.45, 2.75) is 37.8 Å². The number of rotatable bonds is 4. The Morgan fingerprint density at radius 1 is 1.41 bits per heavy atom. The Kier molecular flexibility index (Phi) is 4.51. The van der Waals surface area contributed by atoms with E-state index in [2.05, 4.69) is 5.32 Å². The fraction of sp³-hybridized carbons (Fsp3) is 0.571. The molecule has 2 atom stereocenters. The molecule has 2 rings (SSSR count). The van der Waals surface area contributed by atoms with Crippen LogP contribution in [0.15, 0.2) is 24.3 Å². The van der Waals surface area contributed by atoms with E-state index in [1.165, 1.54) is 12.5 Å². The minimum absolute atomic E-state index is 0.122. The zero-order valence-electron chi connectivity index (χ0n) is 10.3. The van der Waals surface area contributed by atoms with E-state index in [0.717, 1.165) is 25.0 Å². The van der Waals surface area contributed by atoms with E-state index in [9.17, 15) is 4.39 Å². The molecule has 0 radical (unpaired) electrons. The molecular weight excluding hydrogens is 217 g/mol. The lowest BCUT2D eigenvalue weighted by Gasteiger charge is -2.30. The highest BCUT2D eigenvalue weighted by molar-refractivity contribution is 5.18. The Morgan fingerprint density at radius 2 is 2.24 bits per heavy atom. The molecule has 1 N–H and O–H groups in total. The maximum atomic E-state index is 13.6. The van der Waals surface area contributed by atoms with Crippen LogP contribution in [0.5, 0.6) is 0 Å². The van der Waals surface area contributed by atoms with Crippen LogP contribution in [0.4, 0.5) is 4.39 Å². The Bertz CT molecular complexity index is 350. The molecule has 0 aromatic heterocycles. The molecule has 1 fully saturated rings. The molecule has 0 aliphatic carbocycles. The minimum Gasteiger partial charge on any atom is -0.377 e. The molecule has 1 aromatic carbocycles. The Balaban J connectivity index is 2.01. The molecule has 0 bridgehead atoms. The van der Waals surface area contributed by atoms with Gasteiger partial charge in [-0.2, -0.15) is 0 Å². The molecule has 0 spiro atoms. The van der Waals surface area contributed by atoms with Crippen LogP contribution in [0.2, 0.25) is 0 Å². The normalized spacial score (nSPS) is 22.4. The van der Waals surface area contributed by atoms with Gasteiger partial charge in [-0.1, -0.05) is 18.2 Å². The van der Waals surface area contributed by atoms with E-state index in [1.807, 2.05) is 19.2 Å². The smallest absolute Gasteiger partial charge is 0.126 e. The van der Waals surface area contributed by atoms with Gasteiger partial charge in [-0.3, -0.25) is 0 Å². The molecule has 1 heterocycles. The van der Waals surface area contributed by atoms with Gasteiger partial charge in [-0.05, 0) is 44.4 Å². The Morgan fingerprint density at radius 3 is 2.88 bits per heavy atom. The van der Waals surface area contributed by atoms with Crippen molar-refractivity contribution < 1.29 is 9.13 Å². The second-order valence-corrected chi connectivity index (χ2v) is 4.60. The summed E-state index contributed by atoms with van der Waals surface area (Å²) in [6.07, 6.45) is 4.33. The standard InChI is InChI=1S/C14H20FNO/c1-16-13(14-8-4-5-9-17-14)10-11-6-2-3-7-12(11)15/h2-3,6-7,13-14,16H,4-5,8-10H2,1H3. The van der Waals surface area contributed by atoms with Crippen molar-refractivity contribution >= 4 is 0 Å². The maximum Gasteiger partial charge on any atom is 0.126 e. The molecule has 2 unspecified atom stereocenters. The second kappa shape index (κ2) is 6.12. The van der Waals surface area contributed by atoms with Crippen LogP contribution in [0.25, 0.3) is 0 Å². The van der Waals surface area contributed by atoms with Gasteiger partial charge in [0.2, 0.25) is 0 Å². The average Bonchev–Trinajstić information content (AvgIpc) is 2.39. The SMILES string of the molecule is CNC(Cc1ccccc1F)C1CCCCO1. The van der Waals surface area contributed by atoms with Crippen molar-refractivity contribution in [3.05, 3.63) is 35.6 Å². The first-order valence-electron chi connectivity index (χ1n) is 6.33. The first-order valence-corrected chi connectivity index (χ1v) is 6.33. The summed E-state index contributed by atoms with van der Waals surface area (Å²) in [7, 11) is 1.92. The highest BCUT2D eigenvalue weighted by Crippen LogP contribution is 2.19. The largest absolute Gasteiger partial charge is 0.377 e. The van der Waals surface area contributed by atoms with Crippen LogP contribution < -0.4 is 5.32 Å². The van der Waals surface area contributed by atoms with Crippen LogP contribution in [-0.2, 0) is 11.2 Å². The summed E-state index contributed by atoms with van der Waals surface area (Å²) in [5.74, 6) is -0.122. The summed E-state index contributed by atoms with van der Waals surface area (Å²) in [6.45, 7) is 0.833. The van der Waals surface area contributed by atoms with Gasteiger partial charge in [0.15, 0.2) is 0 Å². The third kappa shape index (κ3) is 3.27. The molecule has 0 amide bonds. The monoisotopic (exact) mass is 237 g/mol. The summed E-state index contributed by atoms with van der Waals surface area (Å²) >= 11 is 0. The molecule has 94 valence electrons. The van der Waals surface area contributed by atoms with Gasteiger partial charge >= 0.3 is 0 Å². The van der Waals surface area contributed by atoms with Crippen molar-refractivity contribution in [2.24, 2.45) is 0 Å². The lowest BCUT2D eigenvalue weighted by molar-refractivity contribution is -0.00600. The molecule has 3 heteroatoms. The average molecular weight is 237 g/mol. The topological polar surface area (TPSA) is 21.3 Å². The molecule has 1 aliphatic rings. The number of hydrogen-bond donors (Lipinski definition) is 1. The number of benzene rings is 1. The predicted octanol–water partition coefficient (Wildman–Crippen LogP) is 2.53. The molecule has 1 saturated heterocycles. The lowest BCUT2D eigenvalue weighted by atomic mass is 9.96. The van der Waals surface area contributed by atoms with Gasteiger partial charge < -0.3 is 10.1 Å². The number of halogens is 1. The first kappa shape index (κ1) is 12.5. The summed E-state index contributed by atoms with van der Waals surface area (Å²) < 4.78 is 19.3. The van der Waals surface area contributed by atoms with Crippen molar-refractivity contribution in [1.82, 2.24) is 5.32 Å². The van der Waals surface area contributed by atoms with Crippen LogP contribution in [0.1, 0.15) is 24.8 Å². The van der Waals surface area contributed by atoms with E-state index in [4.69, 9.17) is 4.74 Å². The van der Waals surface area contributed by atoms with Crippen molar-refractivity contribution in [2.75, 3.05) is 13.7 Å². The van der Waals surface area contributed by atoms with Crippen LogP contribution in [-0.4, -0.2) is 25.8 Å². The molecular formula is C14H20FNO. The third-order valence-electron chi connectivity index (χ3n) is 3.43. The van der Waals surface area contributed by atoms with Gasteiger partial charge in [0, 0.05) is 12.6 Å². The van der Waals surface area contributed by atoms with E-state index in [1.54, 1.807) is 6.07 Å². The zero-order chi connectivity index (χ0) is 12.1. The van der Waals surface area contributed by atoms with Crippen molar-refractivity contribution in [3.63, 3.8) is 0 Å². The Labute approximate surface area is 102 Å². The number of likely N-dealkylation sites (N-methyl/N-ethyl adjacent to an activating group) is 1. The zero-order valence-corrected chi connectivity index (χ0v) is 10.3. The highest BCUT2D eigenvalue weighted by atomic mass is 19.1. The van der Waals surface area contributed by atoms with Gasteiger partial charge in [0.05, 0.1) is 6.10 Å². The lowest BCUT2D eigenvalue weighted by Crippen LogP contribution is -2.42. The van der Waals surface area contributed by atoms with Crippen molar-refractivity contribution in [3.8, 4) is 0 Å². The molecule has 1 aliphatic heterocycles. The Hall–Kier alpha value is -0.930. The molecule has 1 aromatic rings. The van der Waals surface area contributed by atoms with E-state index < -0.39 is 0 Å². The fourth-order valence-corrected chi connectivity index (χ4v) is 2.40. The molecule has 2 nitrogen and oxygen atoms in total. The van der Waals surface area contributed by atoms with Crippen LogP contribution in [0.3, 0.4) is 0 Å². The van der Waals surface area contributed by atoms with E-state index in [0.29, 0.717) is 6.42 Å². The van der Waals surface area contributed by atoms with E-state index in [-0.39, 0.29) is 18.0 Å². The predicted molar refractivity (Wildman–Crippen MR) is 66.5 cm³/mol.